The van der Waals surface area contributed by atoms with Gasteiger partial charge in [-0.1, -0.05) is 54.0 Å². The van der Waals surface area contributed by atoms with E-state index in [1.807, 2.05) is 0 Å². The lowest BCUT2D eigenvalue weighted by Crippen LogP contribution is -2.66. The summed E-state index contributed by atoms with van der Waals surface area (Å²) in [5.74, 6) is 1.28. The van der Waals surface area contributed by atoms with Gasteiger partial charge in [0.1, 0.15) is 6.10 Å². The normalized spacial score (nSPS) is 47.5. The standard InChI is InChI=1S/C32H50O4/c1-19(2)21-11-16-32(27(34)35)18-17-30(7)22(26(21)32)9-10-24-29(6)14-13-25(36-20(3)33)28(4,5)23(29)12-15-31(24,30)8/h19,22-25H,9-18H2,1-8H3,(H,34,35)/t22-,23+,24?,25+,29+,30-,31-,32+/m1/s1. The summed E-state index contributed by atoms with van der Waals surface area (Å²) in [6, 6.07) is 0. The number of fused-ring (bicyclic) bond motifs is 7. The van der Waals surface area contributed by atoms with Crippen LogP contribution in [-0.2, 0) is 14.3 Å². The van der Waals surface area contributed by atoms with Crippen LogP contribution in [0.5, 0.6) is 0 Å². The SMILES string of the molecule is CC(=O)O[C@H]1CC[C@]2(C)C3CC[C@@H]4C5=C(C(C)C)CC[C@]5(C(=O)O)CC[C@@]4(C)[C@]3(C)CC[C@H]2C1(C)C. The van der Waals surface area contributed by atoms with E-state index >= 15 is 0 Å². The van der Waals surface area contributed by atoms with Gasteiger partial charge in [-0.25, -0.2) is 0 Å². The Balaban J connectivity index is 1.55. The van der Waals surface area contributed by atoms with Gasteiger partial charge in [0.05, 0.1) is 5.41 Å². The van der Waals surface area contributed by atoms with Gasteiger partial charge in [-0.15, -0.1) is 0 Å². The smallest absolute Gasteiger partial charge is 0.313 e. The third-order valence-corrected chi connectivity index (χ3v) is 13.3. The summed E-state index contributed by atoms with van der Waals surface area (Å²) in [4.78, 5) is 24.7. The molecule has 0 saturated heterocycles. The molecule has 0 aromatic rings. The second-order valence-corrected chi connectivity index (χ2v) is 15.1. The zero-order chi connectivity index (χ0) is 26.5. The fourth-order valence-corrected chi connectivity index (χ4v) is 11.4. The first-order valence-corrected chi connectivity index (χ1v) is 14.8. The van der Waals surface area contributed by atoms with Crippen LogP contribution in [0.3, 0.4) is 0 Å². The molecule has 8 atom stereocenters. The molecule has 5 aliphatic rings. The molecule has 0 amide bonds. The van der Waals surface area contributed by atoms with Gasteiger partial charge in [-0.05, 0) is 110 Å². The minimum atomic E-state index is -0.613. The number of esters is 1. The van der Waals surface area contributed by atoms with Crippen LogP contribution in [0.25, 0.3) is 0 Å². The van der Waals surface area contributed by atoms with Crippen LogP contribution in [0.15, 0.2) is 11.1 Å². The second-order valence-electron chi connectivity index (χ2n) is 15.1. The molecule has 36 heavy (non-hydrogen) atoms. The maximum atomic E-state index is 12.8. The molecule has 5 rings (SSSR count). The van der Waals surface area contributed by atoms with Crippen LogP contribution in [0.2, 0.25) is 0 Å². The third kappa shape index (κ3) is 3.17. The van der Waals surface area contributed by atoms with Crippen molar-refractivity contribution >= 4 is 11.9 Å². The van der Waals surface area contributed by atoms with E-state index in [0.717, 1.165) is 44.9 Å². The van der Waals surface area contributed by atoms with E-state index in [-0.39, 0.29) is 33.7 Å². The number of rotatable bonds is 3. The molecular formula is C32H50O4. The first-order chi connectivity index (χ1) is 16.6. The topological polar surface area (TPSA) is 63.6 Å². The molecule has 202 valence electrons. The number of ether oxygens (including phenoxy) is 1. The van der Waals surface area contributed by atoms with Crippen LogP contribution in [-0.4, -0.2) is 23.1 Å². The van der Waals surface area contributed by atoms with Crippen molar-refractivity contribution in [2.45, 2.75) is 126 Å². The fraction of sp³-hybridized carbons (Fsp3) is 0.875. The minimum absolute atomic E-state index is 0.00691. The highest BCUT2D eigenvalue weighted by Gasteiger charge is 2.70. The zero-order valence-corrected chi connectivity index (χ0v) is 24.1. The molecule has 0 heterocycles. The molecule has 4 nitrogen and oxygen atoms in total. The lowest BCUT2D eigenvalue weighted by atomic mass is 9.33. The van der Waals surface area contributed by atoms with Gasteiger partial charge in [-0.2, -0.15) is 0 Å². The lowest BCUT2D eigenvalue weighted by Gasteiger charge is -2.72. The Kier molecular flexibility index (Phi) is 5.91. The summed E-state index contributed by atoms with van der Waals surface area (Å²) in [6.07, 6.45) is 10.4. The molecule has 4 heteroatoms. The fourth-order valence-electron chi connectivity index (χ4n) is 11.4. The minimum Gasteiger partial charge on any atom is -0.481 e. The number of allylic oxidation sites excluding steroid dienone is 1. The average molecular weight is 499 g/mol. The van der Waals surface area contributed by atoms with E-state index in [4.69, 9.17) is 4.74 Å². The highest BCUT2D eigenvalue weighted by Crippen LogP contribution is 2.76. The molecule has 4 saturated carbocycles. The summed E-state index contributed by atoms with van der Waals surface area (Å²) in [5.41, 5.74) is 2.77. The van der Waals surface area contributed by atoms with E-state index in [1.54, 1.807) is 6.92 Å². The molecule has 0 aromatic carbocycles. The number of hydrogen-bond donors (Lipinski definition) is 1. The molecule has 4 fully saturated rings. The second kappa shape index (κ2) is 8.09. The first-order valence-electron chi connectivity index (χ1n) is 14.8. The van der Waals surface area contributed by atoms with E-state index in [9.17, 15) is 14.7 Å². The third-order valence-electron chi connectivity index (χ3n) is 13.3. The monoisotopic (exact) mass is 498 g/mol. The van der Waals surface area contributed by atoms with Crippen molar-refractivity contribution < 1.29 is 19.4 Å². The van der Waals surface area contributed by atoms with E-state index in [2.05, 4.69) is 48.5 Å². The molecule has 0 aliphatic heterocycles. The highest BCUT2D eigenvalue weighted by atomic mass is 16.5. The molecule has 0 radical (unpaired) electrons. The number of hydrogen-bond acceptors (Lipinski definition) is 3. The van der Waals surface area contributed by atoms with E-state index < -0.39 is 11.4 Å². The Bertz CT molecular complexity index is 992. The summed E-state index contributed by atoms with van der Waals surface area (Å²) in [7, 11) is 0. The van der Waals surface area contributed by atoms with Crippen molar-refractivity contribution in [3.05, 3.63) is 11.1 Å². The lowest BCUT2D eigenvalue weighted by molar-refractivity contribution is -0.233. The average Bonchev–Trinajstić information content (AvgIpc) is 3.17. The summed E-state index contributed by atoms with van der Waals surface area (Å²) >= 11 is 0. The van der Waals surface area contributed by atoms with Crippen molar-refractivity contribution in [2.24, 2.45) is 50.7 Å². The largest absolute Gasteiger partial charge is 0.481 e. The van der Waals surface area contributed by atoms with Crippen molar-refractivity contribution in [3.63, 3.8) is 0 Å². The highest BCUT2D eigenvalue weighted by molar-refractivity contribution is 5.81. The van der Waals surface area contributed by atoms with Crippen LogP contribution < -0.4 is 0 Å². The van der Waals surface area contributed by atoms with Gasteiger partial charge in [0.15, 0.2) is 0 Å². The van der Waals surface area contributed by atoms with Gasteiger partial charge in [0.25, 0.3) is 0 Å². The number of aliphatic carboxylic acids is 1. The molecule has 0 bridgehead atoms. The van der Waals surface area contributed by atoms with E-state index in [0.29, 0.717) is 23.7 Å². The predicted octanol–water partition coefficient (Wildman–Crippen LogP) is 7.80. The summed E-state index contributed by atoms with van der Waals surface area (Å²) in [5, 5.41) is 10.5. The van der Waals surface area contributed by atoms with Crippen molar-refractivity contribution in [1.82, 2.24) is 0 Å². The van der Waals surface area contributed by atoms with Crippen molar-refractivity contribution in [2.75, 3.05) is 0 Å². The van der Waals surface area contributed by atoms with Gasteiger partial charge >= 0.3 is 11.9 Å². The van der Waals surface area contributed by atoms with Gasteiger partial charge in [0.2, 0.25) is 0 Å². The number of carboxylic acid groups (broad SMARTS) is 1. The Morgan fingerprint density at radius 3 is 2.17 bits per heavy atom. The summed E-state index contributed by atoms with van der Waals surface area (Å²) in [6.45, 7) is 18.5. The number of carbonyl (C=O) groups is 2. The maximum absolute atomic E-state index is 12.8. The van der Waals surface area contributed by atoms with Crippen LogP contribution >= 0.6 is 0 Å². The zero-order valence-electron chi connectivity index (χ0n) is 24.1. The molecule has 5 aliphatic carbocycles. The first kappa shape index (κ1) is 26.3. The number of carboxylic acids is 1. The molecular weight excluding hydrogens is 448 g/mol. The Hall–Kier alpha value is -1.32. The Morgan fingerprint density at radius 2 is 1.56 bits per heavy atom. The Labute approximate surface area is 219 Å². The van der Waals surface area contributed by atoms with E-state index in [1.165, 1.54) is 30.4 Å². The molecule has 0 spiro atoms. The maximum Gasteiger partial charge on any atom is 0.313 e. The quantitative estimate of drug-likeness (QED) is 0.318. The van der Waals surface area contributed by atoms with Crippen LogP contribution in [0, 0.1) is 50.7 Å². The molecule has 0 aromatic heterocycles. The van der Waals surface area contributed by atoms with Gasteiger partial charge in [0, 0.05) is 12.3 Å². The summed E-state index contributed by atoms with van der Waals surface area (Å²) < 4.78 is 5.88. The van der Waals surface area contributed by atoms with Gasteiger partial charge in [-0.3, -0.25) is 9.59 Å². The van der Waals surface area contributed by atoms with Crippen molar-refractivity contribution in [3.8, 4) is 0 Å². The van der Waals surface area contributed by atoms with Crippen molar-refractivity contribution in [1.29, 1.82) is 0 Å². The number of carbonyl (C=O) groups excluding carboxylic acids is 1. The van der Waals surface area contributed by atoms with Gasteiger partial charge < -0.3 is 9.84 Å². The van der Waals surface area contributed by atoms with Crippen LogP contribution in [0.4, 0.5) is 0 Å². The Morgan fingerprint density at radius 1 is 0.861 bits per heavy atom. The molecule has 1 N–H and O–H groups in total. The van der Waals surface area contributed by atoms with Crippen LogP contribution in [0.1, 0.15) is 120 Å². The predicted molar refractivity (Wildman–Crippen MR) is 142 cm³/mol. The molecule has 1 unspecified atom stereocenters.